The summed E-state index contributed by atoms with van der Waals surface area (Å²) in [6.07, 6.45) is 0. The normalized spacial score (nSPS) is 14.9. The zero-order chi connectivity index (χ0) is 25.1. The zero-order valence-corrected chi connectivity index (χ0v) is 20.9. The second kappa shape index (κ2) is 8.10. The standard InChI is InChI=1S/2C6H6O8S2.Sb/c2*7-4-1-3(15(9,10)11)2-5(6(4)8)16(12,13)14;/h2*1-2,7-8H,(H,9,10,11)(H,12,13,14);/q;;+2/p-3. The van der Waals surface area contributed by atoms with Gasteiger partial charge in [0.25, 0.3) is 0 Å². The fourth-order valence-electron chi connectivity index (χ4n) is 2.32. The van der Waals surface area contributed by atoms with Crippen molar-refractivity contribution >= 4 is 61.9 Å². The molecule has 21 heteroatoms. The van der Waals surface area contributed by atoms with E-state index in [0.717, 1.165) is 0 Å². The van der Waals surface area contributed by atoms with Gasteiger partial charge in [-0.25, -0.2) is 0 Å². The summed E-state index contributed by atoms with van der Waals surface area (Å²) < 4.78 is 144. The molecule has 1 radical (unpaired) electrons. The maximum atomic E-state index is 11.6. The third-order valence-electron chi connectivity index (χ3n) is 3.67. The van der Waals surface area contributed by atoms with Gasteiger partial charge in [-0.05, 0) is 0 Å². The van der Waals surface area contributed by atoms with E-state index in [4.69, 9.17) is 18.2 Å². The predicted molar refractivity (Wildman–Crippen MR) is 101 cm³/mol. The molecule has 0 bridgehead atoms. The van der Waals surface area contributed by atoms with Crippen LogP contribution in [0.25, 0.3) is 0 Å². The van der Waals surface area contributed by atoms with E-state index in [1.165, 1.54) is 0 Å². The number of phenolic OH excluding ortho intramolecular Hbond substituents is 1. The average Bonchev–Trinajstić information content (AvgIpc) is 3.01. The Labute approximate surface area is 194 Å². The van der Waals surface area contributed by atoms with Crippen molar-refractivity contribution in [3.8, 4) is 23.0 Å². The average molecular weight is 659 g/mol. The molecule has 5 N–H and O–H groups in total. The molecule has 16 nitrogen and oxygen atoms in total. The van der Waals surface area contributed by atoms with Gasteiger partial charge in [-0.3, -0.25) is 0 Å². The summed E-state index contributed by atoms with van der Waals surface area (Å²) in [6, 6.07) is 1.57. The summed E-state index contributed by atoms with van der Waals surface area (Å²) in [5.74, 6) is -3.75. The first kappa shape index (κ1) is 25.7. The maximum absolute atomic E-state index is 11.6. The molecular formula is C12H9O16S4Sb-. The van der Waals surface area contributed by atoms with E-state index >= 15 is 0 Å². The Morgan fingerprint density at radius 3 is 1.64 bits per heavy atom. The molecule has 0 aromatic heterocycles. The summed E-state index contributed by atoms with van der Waals surface area (Å²) in [5.41, 5.74) is 0. The van der Waals surface area contributed by atoms with Crippen LogP contribution >= 0.6 is 0 Å². The van der Waals surface area contributed by atoms with Crippen LogP contribution in [0.4, 0.5) is 0 Å². The Morgan fingerprint density at radius 1 is 0.667 bits per heavy atom. The molecule has 2 aromatic carbocycles. The number of aromatic hydroxyl groups is 1. The van der Waals surface area contributed by atoms with E-state index in [2.05, 4.69) is 0 Å². The van der Waals surface area contributed by atoms with Crippen molar-refractivity contribution in [3.63, 3.8) is 0 Å². The molecular weight excluding hydrogens is 650 g/mol. The van der Waals surface area contributed by atoms with E-state index in [1.54, 1.807) is 0 Å². The zero-order valence-electron chi connectivity index (χ0n) is 15.1. The van der Waals surface area contributed by atoms with Gasteiger partial charge in [0.05, 0.1) is 0 Å². The topological polar surface area (TPSA) is 265 Å². The van der Waals surface area contributed by atoms with Crippen LogP contribution in [-0.2, 0) is 40.5 Å². The van der Waals surface area contributed by atoms with Gasteiger partial charge >= 0.3 is 195 Å². The third kappa shape index (κ3) is 5.44. The van der Waals surface area contributed by atoms with Crippen molar-refractivity contribution in [3.05, 3.63) is 24.3 Å². The molecule has 2 aromatic rings. The summed E-state index contributed by atoms with van der Waals surface area (Å²) >= 11 is -4.34. The van der Waals surface area contributed by atoms with Crippen LogP contribution in [0.2, 0.25) is 0 Å². The van der Waals surface area contributed by atoms with Crippen LogP contribution in [0.3, 0.4) is 0 Å². The van der Waals surface area contributed by atoms with Crippen molar-refractivity contribution < 1.29 is 66.0 Å². The second-order valence-corrected chi connectivity index (χ2v) is 14.4. The van der Waals surface area contributed by atoms with E-state index in [0.29, 0.717) is 18.2 Å². The van der Waals surface area contributed by atoms with E-state index in [-0.39, 0.29) is 6.07 Å². The fraction of sp³-hybridized carbons (Fsp3) is 0. The first-order valence-corrected chi connectivity index (χ1v) is 16.5. The van der Waals surface area contributed by atoms with E-state index in [9.17, 15) is 47.9 Å². The molecule has 183 valence electrons. The van der Waals surface area contributed by atoms with Crippen LogP contribution in [-0.4, -0.2) is 78.5 Å². The molecule has 0 aliphatic carbocycles. The van der Waals surface area contributed by atoms with Gasteiger partial charge in [0.2, 0.25) is 0 Å². The molecule has 0 unspecified atom stereocenters. The Morgan fingerprint density at radius 2 is 1.15 bits per heavy atom. The minimum atomic E-state index is -5.25. The molecule has 0 saturated heterocycles. The van der Waals surface area contributed by atoms with Gasteiger partial charge in [0.1, 0.15) is 0 Å². The number of fused-ring (bicyclic) bond motifs is 1. The number of hydrogen-bond acceptors (Lipinski definition) is 12. The molecule has 0 atom stereocenters. The van der Waals surface area contributed by atoms with Crippen molar-refractivity contribution in [2.75, 3.05) is 0 Å². The van der Waals surface area contributed by atoms with Crippen LogP contribution in [0, 0.1) is 0 Å². The Bertz CT molecular complexity index is 1590. The molecule has 1 heterocycles. The molecule has 1 aliphatic heterocycles. The summed E-state index contributed by atoms with van der Waals surface area (Å²) in [6.45, 7) is 0. The monoisotopic (exact) mass is 658 g/mol. The van der Waals surface area contributed by atoms with Gasteiger partial charge in [0.15, 0.2) is 0 Å². The first-order chi connectivity index (χ1) is 14.8. The molecule has 0 amide bonds. The van der Waals surface area contributed by atoms with Crippen molar-refractivity contribution in [1.82, 2.24) is 0 Å². The Kier molecular flexibility index (Phi) is 6.31. The fourth-order valence-corrected chi connectivity index (χ4v) is 7.95. The Balaban J connectivity index is 2.11. The Hall–Kier alpha value is -1.90. The third-order valence-corrected chi connectivity index (χ3v) is 9.98. The molecule has 0 saturated carbocycles. The second-order valence-electron chi connectivity index (χ2n) is 5.91. The van der Waals surface area contributed by atoms with Gasteiger partial charge in [-0.2, -0.15) is 0 Å². The predicted octanol–water partition coefficient (Wildman–Crippen LogP) is -0.786. The van der Waals surface area contributed by atoms with Crippen molar-refractivity contribution in [2.24, 2.45) is 0 Å². The van der Waals surface area contributed by atoms with Crippen LogP contribution in [0.5, 0.6) is 23.0 Å². The number of rotatable bonds is 6. The number of benzene rings is 2. The van der Waals surface area contributed by atoms with Gasteiger partial charge in [0, 0.05) is 0 Å². The van der Waals surface area contributed by atoms with E-state index in [1.807, 2.05) is 0 Å². The number of hydrogen-bond donors (Lipinski definition) is 5. The van der Waals surface area contributed by atoms with Gasteiger partial charge in [-0.15, -0.1) is 0 Å². The quantitative estimate of drug-likeness (QED) is 0.188. The van der Waals surface area contributed by atoms with Crippen LogP contribution in [0.15, 0.2) is 43.8 Å². The van der Waals surface area contributed by atoms with Crippen LogP contribution < -0.4 is 9.05 Å². The minimum absolute atomic E-state index is 0.208. The summed E-state index contributed by atoms with van der Waals surface area (Å²) in [4.78, 5) is -4.72. The summed E-state index contributed by atoms with van der Waals surface area (Å²) in [7, 11) is -20.5. The van der Waals surface area contributed by atoms with E-state index < -0.39 is 105 Å². The first-order valence-electron chi connectivity index (χ1n) is 7.57. The number of phenols is 1. The molecule has 0 fully saturated rings. The molecule has 33 heavy (non-hydrogen) atoms. The SMILES string of the molecule is O=S(=O)(O)c1cc([O][Sb-]2[O]c3cc(S(=O)(=O)O)cc(S(=O)(=O)O)c3[O]2)c(O)c(S(=O)(=O)O)c1. The molecule has 1 aliphatic rings. The van der Waals surface area contributed by atoms with Gasteiger partial charge < -0.3 is 0 Å². The summed E-state index contributed by atoms with van der Waals surface area (Å²) in [5, 5.41) is 10.1. The van der Waals surface area contributed by atoms with Crippen molar-refractivity contribution in [1.29, 1.82) is 0 Å². The van der Waals surface area contributed by atoms with Gasteiger partial charge in [-0.1, -0.05) is 0 Å². The molecule has 3 rings (SSSR count). The van der Waals surface area contributed by atoms with Crippen LogP contribution in [0.1, 0.15) is 0 Å². The molecule has 0 spiro atoms. The van der Waals surface area contributed by atoms with Crippen molar-refractivity contribution in [2.45, 2.75) is 19.6 Å².